The lowest BCUT2D eigenvalue weighted by Gasteiger charge is -2.24. The quantitative estimate of drug-likeness (QED) is 0.787. The largest absolute Gasteiger partial charge is 0.486 e. The topological polar surface area (TPSA) is 35.5 Å². The van der Waals surface area contributed by atoms with Gasteiger partial charge in [0.1, 0.15) is 11.9 Å². The Bertz CT molecular complexity index is 812. The van der Waals surface area contributed by atoms with Gasteiger partial charge in [0.2, 0.25) is 0 Å². The van der Waals surface area contributed by atoms with Crippen LogP contribution in [-0.2, 0) is 4.74 Å². The Balaban J connectivity index is 2.14. The highest BCUT2D eigenvalue weighted by Gasteiger charge is 2.22. The second-order valence-corrected chi connectivity index (χ2v) is 5.23. The minimum atomic E-state index is -0.923. The van der Waals surface area contributed by atoms with Gasteiger partial charge in [-0.05, 0) is 54.5 Å². The van der Waals surface area contributed by atoms with Gasteiger partial charge in [0.15, 0.2) is 11.6 Å². The fraction of sp³-hybridized carbons (Fsp3) is 0.167. The monoisotopic (exact) mass is 316 g/mol. The Hall–Kier alpha value is -2.69. The molecule has 0 saturated heterocycles. The second kappa shape index (κ2) is 5.83. The molecule has 118 valence electrons. The standard InChI is InChI=1S/C18H14F2O3/c1-10-7-13(11-3-5-15(19)16(20)9-11)14-8-12(18(21)22-2)4-6-17(14)23-10/h3-10H,1-2H3. The van der Waals surface area contributed by atoms with E-state index in [-0.39, 0.29) is 6.10 Å². The summed E-state index contributed by atoms with van der Waals surface area (Å²) < 4.78 is 37.2. The molecule has 0 aromatic heterocycles. The number of fused-ring (bicyclic) bond motifs is 1. The van der Waals surface area contributed by atoms with Crippen molar-refractivity contribution in [3.05, 3.63) is 70.8 Å². The summed E-state index contributed by atoms with van der Waals surface area (Å²) in [5, 5.41) is 0. The van der Waals surface area contributed by atoms with Crippen LogP contribution in [-0.4, -0.2) is 19.2 Å². The van der Waals surface area contributed by atoms with Crippen LogP contribution in [0.5, 0.6) is 5.75 Å². The van der Waals surface area contributed by atoms with Crippen LogP contribution in [0.2, 0.25) is 0 Å². The number of esters is 1. The first-order chi connectivity index (χ1) is 11.0. The minimum absolute atomic E-state index is 0.227. The van der Waals surface area contributed by atoms with Crippen LogP contribution in [0.3, 0.4) is 0 Å². The van der Waals surface area contributed by atoms with Crippen molar-refractivity contribution in [1.29, 1.82) is 0 Å². The third-order valence-corrected chi connectivity index (χ3v) is 3.64. The molecular formula is C18H14F2O3. The maximum Gasteiger partial charge on any atom is 0.337 e. The molecule has 3 nitrogen and oxygen atoms in total. The Morgan fingerprint density at radius 3 is 2.61 bits per heavy atom. The van der Waals surface area contributed by atoms with Gasteiger partial charge in [-0.25, -0.2) is 13.6 Å². The van der Waals surface area contributed by atoms with Gasteiger partial charge in [0.25, 0.3) is 0 Å². The Morgan fingerprint density at radius 2 is 1.91 bits per heavy atom. The van der Waals surface area contributed by atoms with Crippen LogP contribution in [0.1, 0.15) is 28.4 Å². The first-order valence-corrected chi connectivity index (χ1v) is 7.06. The highest BCUT2D eigenvalue weighted by atomic mass is 19.2. The number of carbonyl (C=O) groups excluding carboxylic acids is 1. The number of hydrogen-bond donors (Lipinski definition) is 0. The van der Waals surface area contributed by atoms with E-state index in [0.29, 0.717) is 28.0 Å². The third kappa shape index (κ3) is 2.82. The smallest absolute Gasteiger partial charge is 0.337 e. The predicted octanol–water partition coefficient (Wildman–Crippen LogP) is 3.96. The van der Waals surface area contributed by atoms with Crippen molar-refractivity contribution in [2.24, 2.45) is 0 Å². The summed E-state index contributed by atoms with van der Waals surface area (Å²) in [6, 6.07) is 8.61. The summed E-state index contributed by atoms with van der Waals surface area (Å²) in [4.78, 5) is 11.7. The van der Waals surface area contributed by atoms with E-state index in [1.807, 2.05) is 6.92 Å². The summed E-state index contributed by atoms with van der Waals surface area (Å²) in [7, 11) is 1.30. The van der Waals surface area contributed by atoms with Crippen LogP contribution < -0.4 is 4.74 Å². The molecule has 1 unspecified atom stereocenters. The molecule has 0 N–H and O–H groups in total. The van der Waals surface area contributed by atoms with E-state index >= 15 is 0 Å². The zero-order valence-corrected chi connectivity index (χ0v) is 12.6. The molecule has 2 aromatic rings. The van der Waals surface area contributed by atoms with E-state index in [2.05, 4.69) is 0 Å². The van der Waals surface area contributed by atoms with Crippen molar-refractivity contribution in [2.75, 3.05) is 7.11 Å². The maximum absolute atomic E-state index is 13.6. The Kier molecular flexibility index (Phi) is 3.86. The van der Waals surface area contributed by atoms with Gasteiger partial charge in [0, 0.05) is 5.56 Å². The van der Waals surface area contributed by atoms with Gasteiger partial charge in [0.05, 0.1) is 12.7 Å². The van der Waals surface area contributed by atoms with Gasteiger partial charge >= 0.3 is 5.97 Å². The lowest BCUT2D eigenvalue weighted by atomic mass is 9.92. The summed E-state index contributed by atoms with van der Waals surface area (Å²) >= 11 is 0. The van der Waals surface area contributed by atoms with Gasteiger partial charge in [-0.15, -0.1) is 0 Å². The van der Waals surface area contributed by atoms with E-state index in [1.54, 1.807) is 24.3 Å². The summed E-state index contributed by atoms with van der Waals surface area (Å²) in [6.07, 6.45) is 1.57. The molecule has 0 aliphatic carbocycles. The summed E-state index contributed by atoms with van der Waals surface area (Å²) in [5.74, 6) is -1.73. The van der Waals surface area contributed by atoms with Crippen molar-refractivity contribution in [2.45, 2.75) is 13.0 Å². The second-order valence-electron chi connectivity index (χ2n) is 5.23. The lowest BCUT2D eigenvalue weighted by molar-refractivity contribution is 0.0600. The molecule has 0 radical (unpaired) electrons. The zero-order valence-electron chi connectivity index (χ0n) is 12.6. The minimum Gasteiger partial charge on any atom is -0.486 e. The summed E-state index contributed by atoms with van der Waals surface area (Å²) in [6.45, 7) is 1.84. The number of halogens is 2. The number of benzene rings is 2. The van der Waals surface area contributed by atoms with Gasteiger partial charge in [-0.1, -0.05) is 6.07 Å². The van der Waals surface area contributed by atoms with Crippen LogP contribution in [0, 0.1) is 11.6 Å². The molecule has 0 saturated carbocycles. The SMILES string of the molecule is COC(=O)c1ccc2c(c1)C(c1ccc(F)c(F)c1)=CC(C)O2. The van der Waals surface area contributed by atoms with E-state index in [0.717, 1.165) is 12.1 Å². The van der Waals surface area contributed by atoms with Crippen LogP contribution in [0.4, 0.5) is 8.78 Å². The van der Waals surface area contributed by atoms with Crippen LogP contribution in [0.25, 0.3) is 5.57 Å². The average molecular weight is 316 g/mol. The summed E-state index contributed by atoms with van der Waals surface area (Å²) in [5.41, 5.74) is 2.20. The first kappa shape index (κ1) is 15.2. The molecule has 1 aliphatic rings. The molecule has 23 heavy (non-hydrogen) atoms. The van der Waals surface area contributed by atoms with E-state index < -0.39 is 17.6 Å². The average Bonchev–Trinajstić information content (AvgIpc) is 2.55. The molecule has 5 heteroatoms. The number of rotatable bonds is 2. The van der Waals surface area contributed by atoms with Crippen molar-refractivity contribution in [3.63, 3.8) is 0 Å². The van der Waals surface area contributed by atoms with Crippen LogP contribution in [0.15, 0.2) is 42.5 Å². The Morgan fingerprint density at radius 1 is 1.13 bits per heavy atom. The van der Waals surface area contributed by atoms with Crippen molar-refractivity contribution >= 4 is 11.5 Å². The third-order valence-electron chi connectivity index (χ3n) is 3.64. The van der Waals surface area contributed by atoms with Crippen LogP contribution >= 0.6 is 0 Å². The molecule has 0 spiro atoms. The van der Waals surface area contributed by atoms with Crippen molar-refractivity contribution in [3.8, 4) is 5.75 Å². The zero-order chi connectivity index (χ0) is 16.6. The number of methoxy groups -OCH3 is 1. The van der Waals surface area contributed by atoms with Crippen molar-refractivity contribution < 1.29 is 23.0 Å². The molecule has 3 rings (SSSR count). The fourth-order valence-corrected chi connectivity index (χ4v) is 2.56. The maximum atomic E-state index is 13.6. The molecule has 1 heterocycles. The van der Waals surface area contributed by atoms with E-state index in [1.165, 1.54) is 13.2 Å². The van der Waals surface area contributed by atoms with E-state index in [9.17, 15) is 13.6 Å². The highest BCUT2D eigenvalue weighted by Crippen LogP contribution is 2.37. The molecule has 0 amide bonds. The number of ether oxygens (including phenoxy) is 2. The van der Waals surface area contributed by atoms with Gasteiger partial charge < -0.3 is 9.47 Å². The van der Waals surface area contributed by atoms with E-state index in [4.69, 9.17) is 9.47 Å². The molecule has 2 aromatic carbocycles. The molecule has 0 fully saturated rings. The molecule has 0 bridgehead atoms. The van der Waals surface area contributed by atoms with Gasteiger partial charge in [-0.3, -0.25) is 0 Å². The first-order valence-electron chi connectivity index (χ1n) is 7.06. The molecule has 1 atom stereocenters. The van der Waals surface area contributed by atoms with Gasteiger partial charge in [-0.2, -0.15) is 0 Å². The predicted molar refractivity (Wildman–Crippen MR) is 81.3 cm³/mol. The number of carbonyl (C=O) groups is 1. The molecule has 1 aliphatic heterocycles. The fourth-order valence-electron chi connectivity index (χ4n) is 2.56. The normalized spacial score (nSPS) is 16.2. The number of hydrogen-bond acceptors (Lipinski definition) is 3. The van der Waals surface area contributed by atoms with Crippen molar-refractivity contribution in [1.82, 2.24) is 0 Å². The highest BCUT2D eigenvalue weighted by molar-refractivity contribution is 5.93. The Labute approximate surface area is 132 Å². The molecular weight excluding hydrogens is 302 g/mol. The lowest BCUT2D eigenvalue weighted by Crippen LogP contribution is -2.16.